The Labute approximate surface area is 128 Å². The maximum atomic E-state index is 11.8. The van der Waals surface area contributed by atoms with E-state index in [1.54, 1.807) is 18.2 Å². The molecule has 2 rings (SSSR count). The maximum absolute atomic E-state index is 11.8. The minimum absolute atomic E-state index is 0.0171. The zero-order valence-corrected chi connectivity index (χ0v) is 12.6. The molecule has 0 aromatic heterocycles. The zero-order valence-electron chi connectivity index (χ0n) is 12.6. The van der Waals surface area contributed by atoms with Gasteiger partial charge in [0.15, 0.2) is 13.2 Å². The van der Waals surface area contributed by atoms with Gasteiger partial charge >= 0.3 is 5.97 Å². The molecule has 0 saturated heterocycles. The van der Waals surface area contributed by atoms with Crippen LogP contribution in [0.3, 0.4) is 0 Å². The highest BCUT2D eigenvalue weighted by molar-refractivity contribution is 5.98. The number of esters is 1. The van der Waals surface area contributed by atoms with Gasteiger partial charge < -0.3 is 18.9 Å². The van der Waals surface area contributed by atoms with Crippen molar-refractivity contribution in [3.8, 4) is 5.75 Å². The molecular weight excluding hydrogens is 288 g/mol. The summed E-state index contributed by atoms with van der Waals surface area (Å²) in [6.45, 7) is 2.13. The molecule has 0 fully saturated rings. The summed E-state index contributed by atoms with van der Waals surface area (Å²) in [6, 6.07) is 7.17. The topological polar surface area (TPSA) is 71.1 Å². The van der Waals surface area contributed by atoms with Gasteiger partial charge in [-0.05, 0) is 24.6 Å². The second-order valence-corrected chi connectivity index (χ2v) is 4.60. The lowest BCUT2D eigenvalue weighted by Gasteiger charge is -2.08. The van der Waals surface area contributed by atoms with Gasteiger partial charge in [0.2, 0.25) is 5.78 Å². The van der Waals surface area contributed by atoms with Crippen LogP contribution >= 0.6 is 0 Å². The van der Waals surface area contributed by atoms with Crippen molar-refractivity contribution in [2.24, 2.45) is 0 Å². The van der Waals surface area contributed by atoms with Crippen molar-refractivity contribution >= 4 is 11.8 Å². The van der Waals surface area contributed by atoms with Crippen LogP contribution in [0.15, 0.2) is 35.8 Å². The molecule has 0 bridgehead atoms. The average Bonchev–Trinajstić information content (AvgIpc) is 2.86. The Bertz CT molecular complexity index is 590. The van der Waals surface area contributed by atoms with Crippen molar-refractivity contribution in [1.82, 2.24) is 0 Å². The summed E-state index contributed by atoms with van der Waals surface area (Å²) in [5.74, 6) is 0.302. The molecule has 1 aromatic rings. The van der Waals surface area contributed by atoms with E-state index in [1.165, 1.54) is 7.11 Å². The summed E-state index contributed by atoms with van der Waals surface area (Å²) in [5.41, 5.74) is 1.39. The Morgan fingerprint density at radius 2 is 2.14 bits per heavy atom. The highest BCUT2D eigenvalue weighted by Crippen LogP contribution is 2.23. The van der Waals surface area contributed by atoms with Crippen molar-refractivity contribution in [1.29, 1.82) is 0 Å². The Kier molecular flexibility index (Phi) is 5.41. The first-order valence-corrected chi connectivity index (χ1v) is 6.94. The third-order valence-electron chi connectivity index (χ3n) is 3.06. The minimum atomic E-state index is -0.453. The van der Waals surface area contributed by atoms with Crippen LogP contribution in [-0.2, 0) is 30.2 Å². The Morgan fingerprint density at radius 1 is 1.32 bits per heavy atom. The van der Waals surface area contributed by atoms with E-state index in [1.807, 2.05) is 13.0 Å². The Morgan fingerprint density at radius 3 is 2.86 bits per heavy atom. The summed E-state index contributed by atoms with van der Waals surface area (Å²) in [6.07, 6.45) is 0.392. The lowest BCUT2D eigenvalue weighted by Crippen LogP contribution is -2.12. The fourth-order valence-electron chi connectivity index (χ4n) is 2.00. The van der Waals surface area contributed by atoms with E-state index in [0.29, 0.717) is 30.3 Å². The van der Waals surface area contributed by atoms with E-state index in [-0.39, 0.29) is 19.0 Å². The molecule has 6 nitrogen and oxygen atoms in total. The number of carbonyl (C=O) groups is 2. The van der Waals surface area contributed by atoms with E-state index < -0.39 is 5.97 Å². The molecular formula is C16H18O6. The van der Waals surface area contributed by atoms with Gasteiger partial charge in [0.25, 0.3) is 5.95 Å². The molecule has 0 N–H and O–H groups in total. The predicted octanol–water partition coefficient (Wildman–Crippen LogP) is 1.63. The lowest BCUT2D eigenvalue weighted by molar-refractivity contribution is -0.142. The molecule has 0 saturated carbocycles. The van der Waals surface area contributed by atoms with Gasteiger partial charge in [-0.2, -0.15) is 0 Å². The number of rotatable bonds is 7. The van der Waals surface area contributed by atoms with Gasteiger partial charge in [0, 0.05) is 6.42 Å². The van der Waals surface area contributed by atoms with E-state index in [0.717, 1.165) is 5.56 Å². The highest BCUT2D eigenvalue weighted by Gasteiger charge is 2.26. The number of Topliss-reactive ketones (excluding diaryl/α,β-unsaturated/α-hetero) is 1. The van der Waals surface area contributed by atoms with Crippen molar-refractivity contribution in [2.45, 2.75) is 13.3 Å². The molecule has 1 heterocycles. The quantitative estimate of drug-likeness (QED) is 0.713. The molecule has 0 radical (unpaired) electrons. The van der Waals surface area contributed by atoms with E-state index in [4.69, 9.17) is 14.2 Å². The number of benzene rings is 1. The van der Waals surface area contributed by atoms with E-state index >= 15 is 0 Å². The SMILES string of the molecule is CCOC1=C(Cc2cccc(OCC(=O)OC)c2)C(=O)CO1. The van der Waals surface area contributed by atoms with Gasteiger partial charge in [-0.3, -0.25) is 4.79 Å². The molecule has 1 aliphatic heterocycles. The number of methoxy groups -OCH3 is 1. The molecule has 1 aromatic carbocycles. The van der Waals surface area contributed by atoms with Crippen molar-refractivity contribution in [3.05, 3.63) is 41.3 Å². The van der Waals surface area contributed by atoms with Gasteiger partial charge in [0.05, 0.1) is 19.3 Å². The molecule has 0 aliphatic carbocycles. The predicted molar refractivity (Wildman–Crippen MR) is 77.3 cm³/mol. The van der Waals surface area contributed by atoms with Crippen LogP contribution in [0.2, 0.25) is 0 Å². The summed E-state index contributed by atoms with van der Waals surface area (Å²) in [5, 5.41) is 0. The fourth-order valence-corrected chi connectivity index (χ4v) is 2.00. The van der Waals surface area contributed by atoms with Crippen LogP contribution in [0.25, 0.3) is 0 Å². The van der Waals surface area contributed by atoms with Crippen molar-refractivity contribution in [2.75, 3.05) is 26.9 Å². The first-order valence-electron chi connectivity index (χ1n) is 6.94. The third-order valence-corrected chi connectivity index (χ3v) is 3.06. The van der Waals surface area contributed by atoms with E-state index in [2.05, 4.69) is 4.74 Å². The molecule has 1 aliphatic rings. The summed E-state index contributed by atoms with van der Waals surface area (Å²) >= 11 is 0. The van der Waals surface area contributed by atoms with Gasteiger partial charge in [-0.25, -0.2) is 4.79 Å². The van der Waals surface area contributed by atoms with Crippen LogP contribution in [0.5, 0.6) is 5.75 Å². The standard InChI is InChI=1S/C16H18O6/c1-3-20-16-13(14(17)9-22-16)8-11-5-4-6-12(7-11)21-10-15(18)19-2/h4-7H,3,8-10H2,1-2H3. The molecule has 0 atom stereocenters. The third kappa shape index (κ3) is 4.00. The number of ether oxygens (including phenoxy) is 4. The number of ketones is 1. The van der Waals surface area contributed by atoms with Crippen LogP contribution in [0.4, 0.5) is 0 Å². The number of hydrogen-bond acceptors (Lipinski definition) is 6. The molecule has 0 amide bonds. The lowest BCUT2D eigenvalue weighted by atomic mass is 10.0. The van der Waals surface area contributed by atoms with Crippen LogP contribution in [0, 0.1) is 0 Å². The molecule has 0 spiro atoms. The number of carbonyl (C=O) groups excluding carboxylic acids is 2. The zero-order chi connectivity index (χ0) is 15.9. The largest absolute Gasteiger partial charge is 0.482 e. The van der Waals surface area contributed by atoms with Crippen molar-refractivity contribution < 1.29 is 28.5 Å². The first-order chi connectivity index (χ1) is 10.6. The smallest absolute Gasteiger partial charge is 0.343 e. The van der Waals surface area contributed by atoms with Gasteiger partial charge in [0.1, 0.15) is 5.75 Å². The van der Waals surface area contributed by atoms with Crippen LogP contribution < -0.4 is 4.74 Å². The Hall–Kier alpha value is -2.50. The number of hydrogen-bond donors (Lipinski definition) is 0. The van der Waals surface area contributed by atoms with Crippen LogP contribution in [0.1, 0.15) is 12.5 Å². The Balaban J connectivity index is 2.08. The monoisotopic (exact) mass is 306 g/mol. The maximum Gasteiger partial charge on any atom is 0.343 e. The fraction of sp³-hybridized carbons (Fsp3) is 0.375. The highest BCUT2D eigenvalue weighted by atomic mass is 16.7. The van der Waals surface area contributed by atoms with Crippen molar-refractivity contribution in [3.63, 3.8) is 0 Å². The van der Waals surface area contributed by atoms with Crippen LogP contribution in [-0.4, -0.2) is 38.7 Å². The normalized spacial score (nSPS) is 13.8. The second kappa shape index (κ2) is 7.49. The summed E-state index contributed by atoms with van der Waals surface area (Å²) in [7, 11) is 1.30. The average molecular weight is 306 g/mol. The first kappa shape index (κ1) is 15.9. The molecule has 6 heteroatoms. The van der Waals surface area contributed by atoms with E-state index in [9.17, 15) is 9.59 Å². The molecule has 22 heavy (non-hydrogen) atoms. The van der Waals surface area contributed by atoms with Gasteiger partial charge in [-0.1, -0.05) is 12.1 Å². The van der Waals surface area contributed by atoms with Gasteiger partial charge in [-0.15, -0.1) is 0 Å². The molecule has 0 unspecified atom stereocenters. The second-order valence-electron chi connectivity index (χ2n) is 4.60. The molecule has 118 valence electrons. The summed E-state index contributed by atoms with van der Waals surface area (Å²) < 4.78 is 20.4. The minimum Gasteiger partial charge on any atom is -0.482 e. The summed E-state index contributed by atoms with van der Waals surface area (Å²) in [4.78, 5) is 22.9.